The van der Waals surface area contributed by atoms with E-state index in [1.807, 2.05) is 22.9 Å². The van der Waals surface area contributed by atoms with E-state index >= 15 is 0 Å². The molecule has 0 aliphatic heterocycles. The fraction of sp³-hybridized carbons (Fsp3) is 0. The average Bonchev–Trinajstić information content (AvgIpc) is 3.11. The lowest BCUT2D eigenvalue weighted by Crippen LogP contribution is -1.98. The lowest BCUT2D eigenvalue weighted by atomic mass is 10.1. The summed E-state index contributed by atoms with van der Waals surface area (Å²) >= 11 is 3.23. The van der Waals surface area contributed by atoms with E-state index in [9.17, 15) is 0 Å². The molecule has 4 heteroatoms. The molecule has 0 amide bonds. The van der Waals surface area contributed by atoms with E-state index < -0.39 is 0 Å². The quantitative estimate of drug-likeness (QED) is 0.471. The molecule has 1 aliphatic rings. The molecular weight excluding hydrogens is 284 g/mol. The highest BCUT2D eigenvalue weighted by atomic mass is 32.2. The van der Waals surface area contributed by atoms with Gasteiger partial charge in [0.15, 0.2) is 3.98 Å². The van der Waals surface area contributed by atoms with Crippen molar-refractivity contribution >= 4 is 28.4 Å². The Balaban J connectivity index is 1.96. The Kier molecular flexibility index (Phi) is 2.83. The van der Waals surface area contributed by atoms with Crippen LogP contribution >= 0.6 is 22.7 Å². The van der Waals surface area contributed by atoms with Crippen molar-refractivity contribution in [3.05, 3.63) is 74.4 Å². The highest BCUT2D eigenvalue weighted by Gasteiger charge is 2.23. The first-order valence-electron chi connectivity index (χ1n) is 6.26. The average molecular weight is 294 g/mol. The van der Waals surface area contributed by atoms with Gasteiger partial charge >= 0.3 is 0 Å². The molecule has 4 rings (SSSR count). The maximum atomic E-state index is 4.51. The van der Waals surface area contributed by atoms with Crippen LogP contribution in [0, 0.1) is 0 Å². The van der Waals surface area contributed by atoms with Gasteiger partial charge in [0.1, 0.15) is 5.71 Å². The number of benzene rings is 2. The molecule has 0 radical (unpaired) electrons. The topological polar surface area (TPSA) is 24.7 Å². The Bertz CT molecular complexity index is 807. The van der Waals surface area contributed by atoms with Crippen LogP contribution in [-0.2, 0) is 0 Å². The van der Waals surface area contributed by atoms with Crippen LogP contribution < -0.4 is 3.98 Å². The summed E-state index contributed by atoms with van der Waals surface area (Å²) in [7, 11) is 0. The molecule has 0 unspecified atom stereocenters. The number of hydrogen-bond acceptors (Lipinski definition) is 4. The van der Waals surface area contributed by atoms with Gasteiger partial charge in [-0.15, -0.1) is 32.9 Å². The predicted molar refractivity (Wildman–Crippen MR) is 85.3 cm³/mol. The first-order chi connectivity index (χ1) is 9.93. The zero-order valence-electron chi connectivity index (χ0n) is 10.5. The van der Waals surface area contributed by atoms with Crippen molar-refractivity contribution in [2.24, 2.45) is 10.2 Å². The van der Waals surface area contributed by atoms with Gasteiger partial charge in [-0.25, -0.2) is 0 Å². The molecule has 0 saturated heterocycles. The SMILES string of the molecule is c1ccc2c(c1)C(=NN=c1sccs1)c1ccccc1-2. The van der Waals surface area contributed by atoms with Crippen LogP contribution in [0.15, 0.2) is 69.5 Å². The maximum absolute atomic E-state index is 4.51. The van der Waals surface area contributed by atoms with Crippen LogP contribution in [0.1, 0.15) is 11.1 Å². The molecule has 2 aromatic carbocycles. The van der Waals surface area contributed by atoms with Crippen molar-refractivity contribution in [3.63, 3.8) is 0 Å². The van der Waals surface area contributed by atoms with Crippen LogP contribution in [0.25, 0.3) is 11.1 Å². The van der Waals surface area contributed by atoms with Crippen molar-refractivity contribution in [3.8, 4) is 11.1 Å². The third kappa shape index (κ3) is 1.85. The van der Waals surface area contributed by atoms with Crippen LogP contribution in [0.3, 0.4) is 0 Å². The monoisotopic (exact) mass is 294 g/mol. The molecule has 3 aromatic rings. The third-order valence-corrected chi connectivity index (χ3v) is 5.14. The number of nitrogens with zero attached hydrogens (tertiary/aromatic N) is 2. The second kappa shape index (κ2) is 4.81. The lowest BCUT2D eigenvalue weighted by molar-refractivity contribution is 1.19. The van der Waals surface area contributed by atoms with Gasteiger partial charge in [-0.1, -0.05) is 48.5 Å². The summed E-state index contributed by atoms with van der Waals surface area (Å²) in [5, 5.41) is 12.9. The fourth-order valence-electron chi connectivity index (χ4n) is 2.44. The maximum Gasteiger partial charge on any atom is 0.192 e. The third-order valence-electron chi connectivity index (χ3n) is 3.28. The lowest BCUT2D eigenvalue weighted by Gasteiger charge is -1.97. The van der Waals surface area contributed by atoms with Crippen molar-refractivity contribution < 1.29 is 0 Å². The summed E-state index contributed by atoms with van der Waals surface area (Å²) in [5.41, 5.74) is 5.79. The summed E-state index contributed by atoms with van der Waals surface area (Å²) in [6, 6.07) is 16.7. The molecular formula is C16H10N2S2. The van der Waals surface area contributed by atoms with E-state index in [1.54, 1.807) is 22.7 Å². The molecule has 0 bridgehead atoms. The molecule has 0 saturated carbocycles. The van der Waals surface area contributed by atoms with Crippen molar-refractivity contribution in [2.75, 3.05) is 0 Å². The van der Waals surface area contributed by atoms with E-state index in [0.717, 1.165) is 9.70 Å². The molecule has 0 spiro atoms. The van der Waals surface area contributed by atoms with Gasteiger partial charge in [-0.2, -0.15) is 0 Å². The molecule has 1 aliphatic carbocycles. The second-order valence-corrected chi connectivity index (χ2v) is 6.46. The molecule has 0 N–H and O–H groups in total. The highest BCUT2D eigenvalue weighted by molar-refractivity contribution is 7.24. The zero-order chi connectivity index (χ0) is 13.4. The van der Waals surface area contributed by atoms with Crippen molar-refractivity contribution in [1.29, 1.82) is 0 Å². The number of rotatable bonds is 1. The van der Waals surface area contributed by atoms with Gasteiger partial charge in [-0.3, -0.25) is 0 Å². The first kappa shape index (κ1) is 11.8. The first-order valence-corrected chi connectivity index (χ1v) is 8.02. The van der Waals surface area contributed by atoms with Crippen LogP contribution in [-0.4, -0.2) is 5.71 Å². The van der Waals surface area contributed by atoms with Gasteiger partial charge in [0.25, 0.3) is 0 Å². The minimum atomic E-state index is 0.969. The molecule has 1 heterocycles. The van der Waals surface area contributed by atoms with Crippen LogP contribution in [0.4, 0.5) is 0 Å². The molecule has 0 fully saturated rings. The van der Waals surface area contributed by atoms with Crippen molar-refractivity contribution in [2.45, 2.75) is 0 Å². The van der Waals surface area contributed by atoms with E-state index in [4.69, 9.17) is 0 Å². The fourth-order valence-corrected chi connectivity index (χ4v) is 3.85. The Morgan fingerprint density at radius 3 is 1.65 bits per heavy atom. The summed E-state index contributed by atoms with van der Waals surface area (Å²) in [4.78, 5) is 0. The summed E-state index contributed by atoms with van der Waals surface area (Å²) in [5.74, 6) is 0. The van der Waals surface area contributed by atoms with Gasteiger partial charge in [0, 0.05) is 21.9 Å². The van der Waals surface area contributed by atoms with E-state index in [-0.39, 0.29) is 0 Å². The molecule has 0 atom stereocenters. The Morgan fingerprint density at radius 2 is 1.10 bits per heavy atom. The Labute approximate surface area is 124 Å². The normalized spacial score (nSPS) is 11.9. The minimum absolute atomic E-state index is 0.969. The summed E-state index contributed by atoms with van der Waals surface area (Å²) in [6.07, 6.45) is 0. The number of fused-ring (bicyclic) bond motifs is 3. The smallest absolute Gasteiger partial charge is 0.148 e. The highest BCUT2D eigenvalue weighted by Crippen LogP contribution is 2.36. The minimum Gasteiger partial charge on any atom is -0.148 e. The largest absolute Gasteiger partial charge is 0.192 e. The molecule has 1 aromatic heterocycles. The zero-order valence-corrected chi connectivity index (χ0v) is 12.1. The van der Waals surface area contributed by atoms with Gasteiger partial charge < -0.3 is 0 Å². The number of hydrogen-bond donors (Lipinski definition) is 0. The molecule has 96 valence electrons. The van der Waals surface area contributed by atoms with E-state index in [0.29, 0.717) is 0 Å². The van der Waals surface area contributed by atoms with Gasteiger partial charge in [-0.05, 0) is 11.1 Å². The van der Waals surface area contributed by atoms with Crippen LogP contribution in [0.2, 0.25) is 0 Å². The molecule has 20 heavy (non-hydrogen) atoms. The van der Waals surface area contributed by atoms with Crippen molar-refractivity contribution in [1.82, 2.24) is 0 Å². The summed E-state index contributed by atoms with van der Waals surface area (Å²) < 4.78 is 0.972. The van der Waals surface area contributed by atoms with Gasteiger partial charge in [0.2, 0.25) is 0 Å². The second-order valence-electron chi connectivity index (χ2n) is 4.41. The van der Waals surface area contributed by atoms with E-state index in [1.165, 1.54) is 22.3 Å². The molecule has 2 nitrogen and oxygen atoms in total. The van der Waals surface area contributed by atoms with Gasteiger partial charge in [0.05, 0.1) is 0 Å². The van der Waals surface area contributed by atoms with E-state index in [2.05, 4.69) is 46.6 Å². The Morgan fingerprint density at radius 1 is 0.600 bits per heavy atom. The predicted octanol–water partition coefficient (Wildman–Crippen LogP) is 4.14. The summed E-state index contributed by atoms with van der Waals surface area (Å²) in [6.45, 7) is 0. The standard InChI is InChI=1S/C16H10N2S2/c1-3-7-13-11(5-1)12-6-2-4-8-14(12)15(13)17-18-16-19-9-10-20-16/h1-10H. The Hall–Kier alpha value is -2.04. The van der Waals surface area contributed by atoms with Crippen LogP contribution in [0.5, 0.6) is 0 Å².